The first-order chi connectivity index (χ1) is 9.81. The maximum Gasteiger partial charge on any atom is 0.0104 e. The molecule has 2 saturated heterocycles. The van der Waals surface area contributed by atoms with Gasteiger partial charge in [-0.25, -0.2) is 0 Å². The number of hydrogen-bond acceptors (Lipinski definition) is 3. The van der Waals surface area contributed by atoms with Gasteiger partial charge in [-0.15, -0.1) is 0 Å². The van der Waals surface area contributed by atoms with Crippen molar-refractivity contribution in [1.29, 1.82) is 0 Å². The van der Waals surface area contributed by atoms with Crippen molar-refractivity contribution in [3.05, 3.63) is 0 Å². The Morgan fingerprint density at radius 2 is 1.75 bits per heavy atom. The van der Waals surface area contributed by atoms with Crippen molar-refractivity contribution in [2.24, 2.45) is 5.92 Å². The van der Waals surface area contributed by atoms with Crippen molar-refractivity contribution in [1.82, 2.24) is 15.1 Å². The van der Waals surface area contributed by atoms with Crippen molar-refractivity contribution in [3.63, 3.8) is 0 Å². The zero-order valence-corrected chi connectivity index (χ0v) is 13.3. The summed E-state index contributed by atoms with van der Waals surface area (Å²) in [7, 11) is 2.32. The van der Waals surface area contributed by atoms with Gasteiger partial charge in [0.05, 0.1) is 0 Å². The monoisotopic (exact) mass is 279 g/mol. The number of nitrogens with one attached hydrogen (secondary N) is 1. The molecule has 1 atom stereocenters. The molecule has 1 unspecified atom stereocenters. The fraction of sp³-hybridized carbons (Fsp3) is 1.00. The molecule has 3 nitrogen and oxygen atoms in total. The molecule has 0 amide bonds. The Morgan fingerprint density at radius 3 is 2.45 bits per heavy atom. The summed E-state index contributed by atoms with van der Waals surface area (Å²) >= 11 is 0. The van der Waals surface area contributed by atoms with Crippen LogP contribution in [0.2, 0.25) is 0 Å². The topological polar surface area (TPSA) is 18.5 Å². The third kappa shape index (κ3) is 4.44. The summed E-state index contributed by atoms with van der Waals surface area (Å²) < 4.78 is 0. The van der Waals surface area contributed by atoms with Gasteiger partial charge in [-0.05, 0) is 90.6 Å². The largest absolute Gasteiger partial charge is 0.314 e. The molecule has 2 heterocycles. The van der Waals surface area contributed by atoms with Crippen molar-refractivity contribution in [2.45, 2.75) is 63.5 Å². The molecule has 20 heavy (non-hydrogen) atoms. The molecule has 2 aliphatic heterocycles. The van der Waals surface area contributed by atoms with Crippen LogP contribution in [0.5, 0.6) is 0 Å². The molecule has 0 aromatic rings. The van der Waals surface area contributed by atoms with Gasteiger partial charge < -0.3 is 15.1 Å². The minimum atomic E-state index is 0.809. The van der Waals surface area contributed by atoms with E-state index in [1.807, 2.05) is 0 Å². The molecule has 3 heteroatoms. The first-order valence-electron chi connectivity index (χ1n) is 8.97. The summed E-state index contributed by atoms with van der Waals surface area (Å²) in [5.41, 5.74) is 0. The summed E-state index contributed by atoms with van der Waals surface area (Å²) in [6.45, 7) is 6.57. The maximum absolute atomic E-state index is 3.78. The van der Waals surface area contributed by atoms with Crippen LogP contribution in [0.15, 0.2) is 0 Å². The molecular weight excluding hydrogens is 246 g/mol. The Bertz CT molecular complexity index is 282. The summed E-state index contributed by atoms with van der Waals surface area (Å²) in [6.07, 6.45) is 11.3. The van der Waals surface area contributed by atoms with Gasteiger partial charge in [0.25, 0.3) is 0 Å². The first-order valence-corrected chi connectivity index (χ1v) is 8.97. The molecule has 0 spiro atoms. The zero-order valence-electron chi connectivity index (χ0n) is 13.3. The Hall–Kier alpha value is -0.120. The van der Waals surface area contributed by atoms with Crippen LogP contribution in [0.25, 0.3) is 0 Å². The second kappa shape index (κ2) is 7.24. The van der Waals surface area contributed by atoms with Gasteiger partial charge in [0.1, 0.15) is 0 Å². The molecule has 3 fully saturated rings. The molecule has 0 radical (unpaired) electrons. The van der Waals surface area contributed by atoms with E-state index in [9.17, 15) is 0 Å². The highest BCUT2D eigenvalue weighted by Gasteiger charge is 2.25. The molecular formula is C17H33N3. The lowest BCUT2D eigenvalue weighted by atomic mass is 9.99. The van der Waals surface area contributed by atoms with Gasteiger partial charge in [-0.1, -0.05) is 6.42 Å². The fourth-order valence-electron chi connectivity index (χ4n) is 3.86. The molecule has 1 saturated carbocycles. The Labute approximate surface area is 125 Å². The van der Waals surface area contributed by atoms with Crippen LogP contribution < -0.4 is 5.32 Å². The highest BCUT2D eigenvalue weighted by molar-refractivity contribution is 4.83. The maximum atomic E-state index is 3.78. The molecule has 116 valence electrons. The van der Waals surface area contributed by atoms with Crippen LogP contribution in [0, 0.1) is 5.92 Å². The highest BCUT2D eigenvalue weighted by Crippen LogP contribution is 2.28. The third-order valence-corrected chi connectivity index (χ3v) is 5.68. The van der Waals surface area contributed by atoms with E-state index in [-0.39, 0.29) is 0 Å². The Balaban J connectivity index is 1.29. The van der Waals surface area contributed by atoms with E-state index in [0.717, 1.165) is 18.0 Å². The smallest absolute Gasteiger partial charge is 0.0104 e. The van der Waals surface area contributed by atoms with Crippen molar-refractivity contribution < 1.29 is 0 Å². The van der Waals surface area contributed by atoms with Gasteiger partial charge >= 0.3 is 0 Å². The lowest BCUT2D eigenvalue weighted by molar-refractivity contribution is 0.138. The lowest BCUT2D eigenvalue weighted by Crippen LogP contribution is -2.45. The molecule has 3 rings (SSSR count). The van der Waals surface area contributed by atoms with Crippen LogP contribution in [0.4, 0.5) is 0 Å². The van der Waals surface area contributed by atoms with Crippen molar-refractivity contribution in [3.8, 4) is 0 Å². The normalized spacial score (nSPS) is 30.8. The van der Waals surface area contributed by atoms with Gasteiger partial charge in [-0.3, -0.25) is 0 Å². The summed E-state index contributed by atoms with van der Waals surface area (Å²) in [5.74, 6) is 1.02. The van der Waals surface area contributed by atoms with E-state index in [4.69, 9.17) is 0 Å². The summed E-state index contributed by atoms with van der Waals surface area (Å²) in [5, 5.41) is 3.78. The van der Waals surface area contributed by atoms with E-state index < -0.39 is 0 Å². The number of piperidine rings is 2. The fourth-order valence-corrected chi connectivity index (χ4v) is 3.86. The van der Waals surface area contributed by atoms with Gasteiger partial charge in [0.15, 0.2) is 0 Å². The van der Waals surface area contributed by atoms with E-state index in [0.29, 0.717) is 0 Å². The highest BCUT2D eigenvalue weighted by atomic mass is 15.2. The van der Waals surface area contributed by atoms with E-state index in [2.05, 4.69) is 22.2 Å². The molecule has 0 aromatic carbocycles. The van der Waals surface area contributed by atoms with Crippen LogP contribution in [-0.2, 0) is 0 Å². The van der Waals surface area contributed by atoms with Crippen LogP contribution >= 0.6 is 0 Å². The average molecular weight is 279 g/mol. The minimum absolute atomic E-state index is 0.809. The number of likely N-dealkylation sites (tertiary alicyclic amines) is 2. The first kappa shape index (κ1) is 14.8. The Kier molecular flexibility index (Phi) is 5.36. The molecule has 3 aliphatic rings. The van der Waals surface area contributed by atoms with Crippen LogP contribution in [-0.4, -0.2) is 61.7 Å². The van der Waals surface area contributed by atoms with Crippen molar-refractivity contribution >= 4 is 0 Å². The third-order valence-electron chi connectivity index (χ3n) is 5.68. The van der Waals surface area contributed by atoms with Crippen LogP contribution in [0.3, 0.4) is 0 Å². The number of hydrogen-bond donors (Lipinski definition) is 1. The Morgan fingerprint density at radius 1 is 0.950 bits per heavy atom. The molecule has 0 bridgehead atoms. The standard InChI is InChI=1S/C17H33N3/c1-19-10-3-2-4-17(19)9-13-20-11-7-16(8-12-20)18-14-15-5-6-15/h15-18H,2-14H2,1H3. The second-order valence-corrected chi connectivity index (χ2v) is 7.39. The van der Waals surface area contributed by atoms with E-state index in [1.54, 1.807) is 0 Å². The number of rotatable bonds is 6. The quantitative estimate of drug-likeness (QED) is 0.805. The lowest BCUT2D eigenvalue weighted by Gasteiger charge is -2.36. The summed E-state index contributed by atoms with van der Waals surface area (Å²) in [6, 6.07) is 1.67. The minimum Gasteiger partial charge on any atom is -0.314 e. The van der Waals surface area contributed by atoms with Crippen LogP contribution in [0.1, 0.15) is 51.4 Å². The van der Waals surface area contributed by atoms with E-state index >= 15 is 0 Å². The molecule has 1 aliphatic carbocycles. The second-order valence-electron chi connectivity index (χ2n) is 7.39. The van der Waals surface area contributed by atoms with Gasteiger partial charge in [0.2, 0.25) is 0 Å². The zero-order chi connectivity index (χ0) is 13.8. The molecule has 1 N–H and O–H groups in total. The van der Waals surface area contributed by atoms with Gasteiger partial charge in [-0.2, -0.15) is 0 Å². The predicted octanol–water partition coefficient (Wildman–Crippen LogP) is 2.32. The van der Waals surface area contributed by atoms with E-state index in [1.165, 1.54) is 84.1 Å². The van der Waals surface area contributed by atoms with Crippen molar-refractivity contribution in [2.75, 3.05) is 39.8 Å². The predicted molar refractivity (Wildman–Crippen MR) is 85.1 cm³/mol. The molecule has 0 aromatic heterocycles. The van der Waals surface area contributed by atoms with Gasteiger partial charge in [0, 0.05) is 12.1 Å². The number of nitrogens with zero attached hydrogens (tertiary/aromatic N) is 2. The average Bonchev–Trinajstić information content (AvgIpc) is 3.30. The SMILES string of the molecule is CN1CCCCC1CCN1CCC(NCC2CC2)CC1. The summed E-state index contributed by atoms with van der Waals surface area (Å²) in [4.78, 5) is 5.30.